The molecule has 1 aliphatic rings. The Morgan fingerprint density at radius 2 is 2.31 bits per heavy atom. The molecule has 0 radical (unpaired) electrons. The number of carbonyl (C=O) groups excluding carboxylic acids is 1. The summed E-state index contributed by atoms with van der Waals surface area (Å²) in [5, 5.41) is 18.7. The van der Waals surface area contributed by atoms with Crippen molar-refractivity contribution in [1.82, 2.24) is 0 Å². The maximum absolute atomic E-state index is 11.6. The monoisotopic (exact) mass is 226 g/mol. The highest BCUT2D eigenvalue weighted by molar-refractivity contribution is 5.84. The van der Waals surface area contributed by atoms with E-state index in [1.54, 1.807) is 26.0 Å². The topological polar surface area (TPSA) is 66.8 Å². The van der Waals surface area contributed by atoms with Crippen LogP contribution in [0.2, 0.25) is 0 Å². The zero-order valence-electron chi connectivity index (χ0n) is 9.64. The zero-order chi connectivity index (χ0) is 12.2. The second-order valence-corrected chi connectivity index (χ2v) is 4.00. The number of rotatable bonds is 5. The Morgan fingerprint density at radius 1 is 1.62 bits per heavy atom. The number of hydrogen-bond acceptors (Lipinski definition) is 4. The van der Waals surface area contributed by atoms with Gasteiger partial charge in [-0.1, -0.05) is 13.0 Å². The van der Waals surface area contributed by atoms with Crippen molar-refractivity contribution in [3.63, 3.8) is 0 Å². The zero-order valence-corrected chi connectivity index (χ0v) is 9.64. The minimum absolute atomic E-state index is 0.00120. The third-order valence-corrected chi connectivity index (χ3v) is 2.57. The van der Waals surface area contributed by atoms with Crippen LogP contribution < -0.4 is 0 Å². The third kappa shape index (κ3) is 2.93. The quantitative estimate of drug-likeness (QED) is 0.727. The van der Waals surface area contributed by atoms with Crippen LogP contribution >= 0.6 is 0 Å². The molecule has 0 heterocycles. The van der Waals surface area contributed by atoms with Crippen LogP contribution in [0, 0.1) is 5.92 Å². The lowest BCUT2D eigenvalue weighted by Crippen LogP contribution is -2.38. The SMILES string of the molecule is CCC(=O)C1C=CC(OCCO)=CC1(C)O. The van der Waals surface area contributed by atoms with E-state index in [0.717, 1.165) is 0 Å². The molecule has 1 aliphatic carbocycles. The van der Waals surface area contributed by atoms with Crippen LogP contribution in [0.1, 0.15) is 20.3 Å². The van der Waals surface area contributed by atoms with Crippen molar-refractivity contribution in [2.24, 2.45) is 5.92 Å². The van der Waals surface area contributed by atoms with E-state index in [9.17, 15) is 9.90 Å². The number of ketones is 1. The fourth-order valence-electron chi connectivity index (χ4n) is 1.72. The Labute approximate surface area is 95.2 Å². The molecule has 0 amide bonds. The molecule has 4 nitrogen and oxygen atoms in total. The normalized spacial score (nSPS) is 28.8. The summed E-state index contributed by atoms with van der Waals surface area (Å²) >= 11 is 0. The fraction of sp³-hybridized carbons (Fsp3) is 0.583. The first-order valence-corrected chi connectivity index (χ1v) is 5.41. The molecule has 0 fully saturated rings. The molecule has 1 rings (SSSR count). The number of aliphatic hydroxyl groups excluding tert-OH is 1. The second kappa shape index (κ2) is 5.27. The Kier molecular flexibility index (Phi) is 4.26. The van der Waals surface area contributed by atoms with Crippen molar-refractivity contribution in [2.45, 2.75) is 25.9 Å². The van der Waals surface area contributed by atoms with Gasteiger partial charge in [-0.2, -0.15) is 0 Å². The number of Topliss-reactive ketones (excluding diaryl/α,β-unsaturated/α-hetero) is 1. The van der Waals surface area contributed by atoms with Crippen molar-refractivity contribution in [3.05, 3.63) is 24.0 Å². The van der Waals surface area contributed by atoms with Crippen LogP contribution in [-0.4, -0.2) is 34.8 Å². The van der Waals surface area contributed by atoms with E-state index in [0.29, 0.717) is 12.2 Å². The van der Waals surface area contributed by atoms with Crippen LogP contribution in [0.5, 0.6) is 0 Å². The van der Waals surface area contributed by atoms with Gasteiger partial charge in [0.15, 0.2) is 0 Å². The van der Waals surface area contributed by atoms with Crippen LogP contribution in [0.4, 0.5) is 0 Å². The van der Waals surface area contributed by atoms with Crippen molar-refractivity contribution in [1.29, 1.82) is 0 Å². The van der Waals surface area contributed by atoms with Crippen LogP contribution in [-0.2, 0) is 9.53 Å². The number of carbonyl (C=O) groups is 1. The highest BCUT2D eigenvalue weighted by Gasteiger charge is 2.35. The molecule has 90 valence electrons. The molecule has 0 bridgehead atoms. The lowest BCUT2D eigenvalue weighted by atomic mass is 9.81. The summed E-state index contributed by atoms with van der Waals surface area (Å²) in [6.07, 6.45) is 5.22. The molecule has 2 unspecified atom stereocenters. The van der Waals surface area contributed by atoms with Gasteiger partial charge in [0, 0.05) is 6.42 Å². The van der Waals surface area contributed by atoms with Gasteiger partial charge in [-0.3, -0.25) is 4.79 Å². The van der Waals surface area contributed by atoms with Gasteiger partial charge in [0.1, 0.15) is 18.1 Å². The number of hydrogen-bond donors (Lipinski definition) is 2. The Morgan fingerprint density at radius 3 is 2.81 bits per heavy atom. The van der Waals surface area contributed by atoms with Crippen molar-refractivity contribution >= 4 is 5.78 Å². The van der Waals surface area contributed by atoms with Gasteiger partial charge >= 0.3 is 0 Å². The predicted molar refractivity (Wildman–Crippen MR) is 59.7 cm³/mol. The van der Waals surface area contributed by atoms with Crippen molar-refractivity contribution in [3.8, 4) is 0 Å². The average Bonchev–Trinajstić information content (AvgIpc) is 2.24. The van der Waals surface area contributed by atoms with Gasteiger partial charge < -0.3 is 14.9 Å². The Hall–Kier alpha value is -1.13. The van der Waals surface area contributed by atoms with Gasteiger partial charge in [-0.15, -0.1) is 0 Å². The maximum Gasteiger partial charge on any atom is 0.142 e. The largest absolute Gasteiger partial charge is 0.491 e. The first kappa shape index (κ1) is 12.9. The lowest BCUT2D eigenvalue weighted by Gasteiger charge is -2.30. The minimum Gasteiger partial charge on any atom is -0.491 e. The molecular weight excluding hydrogens is 208 g/mol. The smallest absolute Gasteiger partial charge is 0.142 e. The molecule has 0 aromatic carbocycles. The molecule has 0 aromatic rings. The number of allylic oxidation sites excluding steroid dienone is 1. The van der Waals surface area contributed by atoms with E-state index in [1.807, 2.05) is 0 Å². The fourth-order valence-corrected chi connectivity index (χ4v) is 1.72. The Balaban J connectivity index is 2.76. The van der Waals surface area contributed by atoms with E-state index in [-0.39, 0.29) is 19.0 Å². The molecule has 0 saturated carbocycles. The van der Waals surface area contributed by atoms with E-state index < -0.39 is 11.5 Å². The average molecular weight is 226 g/mol. The molecule has 0 saturated heterocycles. The third-order valence-electron chi connectivity index (χ3n) is 2.57. The summed E-state index contributed by atoms with van der Waals surface area (Å²) < 4.78 is 5.18. The highest BCUT2D eigenvalue weighted by atomic mass is 16.5. The van der Waals surface area contributed by atoms with Gasteiger partial charge in [0.2, 0.25) is 0 Å². The first-order valence-electron chi connectivity index (χ1n) is 5.41. The van der Waals surface area contributed by atoms with Crippen molar-refractivity contribution in [2.75, 3.05) is 13.2 Å². The van der Waals surface area contributed by atoms with Crippen LogP contribution in [0.25, 0.3) is 0 Å². The van der Waals surface area contributed by atoms with E-state index in [4.69, 9.17) is 9.84 Å². The molecule has 0 spiro atoms. The number of aliphatic hydroxyl groups is 2. The van der Waals surface area contributed by atoms with Gasteiger partial charge in [0.25, 0.3) is 0 Å². The molecule has 16 heavy (non-hydrogen) atoms. The first-order chi connectivity index (χ1) is 7.51. The summed E-state index contributed by atoms with van der Waals surface area (Å²) in [7, 11) is 0. The molecule has 2 atom stereocenters. The van der Waals surface area contributed by atoms with Crippen LogP contribution in [0.3, 0.4) is 0 Å². The molecule has 2 N–H and O–H groups in total. The summed E-state index contributed by atoms with van der Waals surface area (Å²) in [5.74, 6) is -0.0307. The van der Waals surface area contributed by atoms with E-state index in [1.165, 1.54) is 6.08 Å². The van der Waals surface area contributed by atoms with Crippen LogP contribution in [0.15, 0.2) is 24.0 Å². The van der Waals surface area contributed by atoms with E-state index in [2.05, 4.69) is 0 Å². The molecule has 0 aliphatic heterocycles. The lowest BCUT2D eigenvalue weighted by molar-refractivity contribution is -0.126. The highest BCUT2D eigenvalue weighted by Crippen LogP contribution is 2.28. The van der Waals surface area contributed by atoms with Gasteiger partial charge in [0.05, 0.1) is 18.1 Å². The summed E-state index contributed by atoms with van der Waals surface area (Å²) in [6.45, 7) is 3.45. The molecule has 0 aromatic heterocycles. The molecule has 4 heteroatoms. The number of ether oxygens (including phenoxy) is 1. The standard InChI is InChI=1S/C12H18O4/c1-3-11(14)10-5-4-9(16-7-6-13)8-12(10,2)15/h4-5,8,10,13,15H,3,6-7H2,1-2H3. The van der Waals surface area contributed by atoms with Gasteiger partial charge in [-0.05, 0) is 19.1 Å². The maximum atomic E-state index is 11.6. The minimum atomic E-state index is -1.22. The predicted octanol–water partition coefficient (Wildman–Crippen LogP) is 0.795. The summed E-state index contributed by atoms with van der Waals surface area (Å²) in [4.78, 5) is 11.6. The molecular formula is C12H18O4. The Bertz CT molecular complexity index is 315. The van der Waals surface area contributed by atoms with Crippen molar-refractivity contribution < 1.29 is 19.7 Å². The summed E-state index contributed by atoms with van der Waals surface area (Å²) in [6, 6.07) is 0. The van der Waals surface area contributed by atoms with E-state index >= 15 is 0 Å². The summed E-state index contributed by atoms with van der Waals surface area (Å²) in [5.41, 5.74) is -1.22. The van der Waals surface area contributed by atoms with Gasteiger partial charge in [-0.25, -0.2) is 0 Å². The second-order valence-electron chi connectivity index (χ2n) is 4.00.